The Morgan fingerprint density at radius 3 is 2.89 bits per heavy atom. The molecule has 0 aromatic heterocycles. The molecule has 2 aliphatic carbocycles. The van der Waals surface area contributed by atoms with Gasteiger partial charge >= 0.3 is 0 Å². The van der Waals surface area contributed by atoms with E-state index in [1.807, 2.05) is 6.07 Å². The molecule has 0 spiro atoms. The van der Waals surface area contributed by atoms with Gasteiger partial charge in [0, 0.05) is 10.6 Å². The van der Waals surface area contributed by atoms with E-state index in [-0.39, 0.29) is 11.8 Å². The minimum Gasteiger partial charge on any atom is -0.324 e. The van der Waals surface area contributed by atoms with Crippen LogP contribution in [0.2, 0.25) is 0 Å². The highest BCUT2D eigenvalue weighted by molar-refractivity contribution is 5.78. The van der Waals surface area contributed by atoms with E-state index in [1.54, 1.807) is 19.1 Å². The standard InChI is InChI=1S/C13H14FNO.C3H4/c14-16-9-5-4-8-6-12-10(11(8)7-9)2-1-3-13(12)15;1-3-2/h4-5,7,13H,1-3,6,15H2;1H,2H3. The van der Waals surface area contributed by atoms with Crippen LogP contribution in [0.15, 0.2) is 23.8 Å². The molecule has 1 aromatic rings. The van der Waals surface area contributed by atoms with Crippen LogP contribution in [0.5, 0.6) is 5.75 Å². The van der Waals surface area contributed by atoms with Crippen molar-refractivity contribution < 1.29 is 9.47 Å². The molecule has 0 saturated heterocycles. The van der Waals surface area contributed by atoms with Crippen molar-refractivity contribution in [2.75, 3.05) is 0 Å². The van der Waals surface area contributed by atoms with Crippen LogP contribution >= 0.6 is 0 Å². The highest BCUT2D eigenvalue weighted by Gasteiger charge is 2.28. The normalized spacial score (nSPS) is 19.8. The summed E-state index contributed by atoms with van der Waals surface area (Å²) in [6.07, 6.45) is 8.78. The van der Waals surface area contributed by atoms with Crippen molar-refractivity contribution in [1.82, 2.24) is 0 Å². The lowest BCUT2D eigenvalue weighted by molar-refractivity contribution is -0.00624. The maximum Gasteiger partial charge on any atom is 0.172 e. The van der Waals surface area contributed by atoms with Gasteiger partial charge in [-0.15, -0.1) is 12.3 Å². The Morgan fingerprint density at radius 1 is 1.47 bits per heavy atom. The third-order valence-corrected chi connectivity index (χ3v) is 3.65. The van der Waals surface area contributed by atoms with Crippen molar-refractivity contribution in [3.05, 3.63) is 34.9 Å². The number of allylic oxidation sites excluding steroid dienone is 1. The van der Waals surface area contributed by atoms with Crippen molar-refractivity contribution in [3.63, 3.8) is 0 Å². The largest absolute Gasteiger partial charge is 0.324 e. The topological polar surface area (TPSA) is 35.2 Å². The Kier molecular flexibility index (Phi) is 4.24. The molecule has 0 saturated carbocycles. The summed E-state index contributed by atoms with van der Waals surface area (Å²) in [6, 6.07) is 5.58. The van der Waals surface area contributed by atoms with E-state index in [2.05, 4.69) is 17.3 Å². The van der Waals surface area contributed by atoms with Crippen LogP contribution in [0, 0.1) is 12.3 Å². The number of rotatable bonds is 1. The maximum absolute atomic E-state index is 12.2. The van der Waals surface area contributed by atoms with Gasteiger partial charge in [-0.05, 0) is 67.0 Å². The maximum atomic E-state index is 12.2. The van der Waals surface area contributed by atoms with Gasteiger partial charge < -0.3 is 5.73 Å². The predicted octanol–water partition coefficient (Wildman–Crippen LogP) is 3.41. The quantitative estimate of drug-likeness (QED) is 0.784. The minimum absolute atomic E-state index is 0.186. The molecule has 1 unspecified atom stereocenters. The third-order valence-electron chi connectivity index (χ3n) is 3.65. The van der Waals surface area contributed by atoms with Crippen molar-refractivity contribution >= 4 is 5.57 Å². The molecule has 2 nitrogen and oxygen atoms in total. The lowest BCUT2D eigenvalue weighted by Gasteiger charge is -2.21. The van der Waals surface area contributed by atoms with Gasteiger partial charge in [-0.3, -0.25) is 4.94 Å². The van der Waals surface area contributed by atoms with Crippen LogP contribution in [0.25, 0.3) is 5.57 Å². The zero-order chi connectivity index (χ0) is 13.8. The fraction of sp³-hybridized carbons (Fsp3) is 0.375. The first-order valence-corrected chi connectivity index (χ1v) is 6.48. The van der Waals surface area contributed by atoms with Gasteiger partial charge in [0.2, 0.25) is 0 Å². The van der Waals surface area contributed by atoms with Gasteiger partial charge in [-0.2, -0.15) is 0 Å². The summed E-state index contributed by atoms with van der Waals surface area (Å²) >= 11 is 0. The molecule has 0 heterocycles. The molecule has 0 amide bonds. The second-order valence-electron chi connectivity index (χ2n) is 4.86. The number of halogens is 1. The molecular formula is C16H18FNO. The number of nitrogens with two attached hydrogens (primary N) is 1. The molecule has 19 heavy (non-hydrogen) atoms. The molecule has 1 atom stereocenters. The molecule has 1 aromatic carbocycles. The SMILES string of the molecule is C#CC.NC1CCCC2=C1Cc1ccc(OF)cc12. The highest BCUT2D eigenvalue weighted by Crippen LogP contribution is 2.42. The van der Waals surface area contributed by atoms with Gasteiger partial charge in [0.25, 0.3) is 0 Å². The Bertz CT molecular complexity index is 542. The summed E-state index contributed by atoms with van der Waals surface area (Å²) in [4.78, 5) is 3.79. The van der Waals surface area contributed by atoms with E-state index >= 15 is 0 Å². The first-order valence-electron chi connectivity index (χ1n) is 6.48. The van der Waals surface area contributed by atoms with E-state index in [0.29, 0.717) is 0 Å². The summed E-state index contributed by atoms with van der Waals surface area (Å²) in [5, 5.41) is 0. The second kappa shape index (κ2) is 5.90. The molecule has 0 radical (unpaired) electrons. The Labute approximate surface area is 113 Å². The number of fused-ring (bicyclic) bond motifs is 2. The van der Waals surface area contributed by atoms with E-state index in [0.717, 1.165) is 31.2 Å². The minimum atomic E-state index is 0.186. The molecule has 100 valence electrons. The zero-order valence-corrected chi connectivity index (χ0v) is 11.1. The van der Waals surface area contributed by atoms with Gasteiger partial charge in [0.05, 0.1) is 0 Å². The summed E-state index contributed by atoms with van der Waals surface area (Å²) in [5.41, 5.74) is 11.2. The molecular weight excluding hydrogens is 241 g/mol. The van der Waals surface area contributed by atoms with Gasteiger partial charge in [0.1, 0.15) is 0 Å². The van der Waals surface area contributed by atoms with E-state index in [9.17, 15) is 4.53 Å². The molecule has 3 rings (SSSR count). The molecule has 2 aliphatic rings. The smallest absolute Gasteiger partial charge is 0.172 e. The van der Waals surface area contributed by atoms with Crippen LogP contribution in [-0.4, -0.2) is 6.04 Å². The van der Waals surface area contributed by atoms with Crippen LogP contribution in [0.1, 0.15) is 37.3 Å². The Balaban J connectivity index is 0.000000408. The van der Waals surface area contributed by atoms with Crippen LogP contribution in [0.4, 0.5) is 4.53 Å². The van der Waals surface area contributed by atoms with Crippen LogP contribution in [-0.2, 0) is 6.42 Å². The summed E-state index contributed by atoms with van der Waals surface area (Å²) in [6.45, 7) is 1.65. The first kappa shape index (κ1) is 13.6. The van der Waals surface area contributed by atoms with E-state index in [1.165, 1.54) is 16.7 Å². The average Bonchev–Trinajstić information content (AvgIpc) is 2.79. The number of terminal acetylenes is 1. The van der Waals surface area contributed by atoms with E-state index < -0.39 is 0 Å². The van der Waals surface area contributed by atoms with Crippen LogP contribution < -0.4 is 10.7 Å². The second-order valence-corrected chi connectivity index (χ2v) is 4.86. The molecule has 0 fully saturated rings. The first-order chi connectivity index (χ1) is 9.21. The number of benzene rings is 1. The zero-order valence-electron chi connectivity index (χ0n) is 11.1. The third kappa shape index (κ3) is 2.64. The summed E-state index contributed by atoms with van der Waals surface area (Å²) in [5.74, 6) is 2.53. The Hall–Kier alpha value is -1.79. The lowest BCUT2D eigenvalue weighted by Crippen LogP contribution is -2.25. The predicted molar refractivity (Wildman–Crippen MR) is 75.1 cm³/mol. The fourth-order valence-electron chi connectivity index (χ4n) is 2.85. The lowest BCUT2D eigenvalue weighted by atomic mass is 9.88. The molecule has 0 bridgehead atoms. The van der Waals surface area contributed by atoms with Gasteiger partial charge in [-0.1, -0.05) is 6.07 Å². The Morgan fingerprint density at radius 2 is 2.21 bits per heavy atom. The van der Waals surface area contributed by atoms with Crippen molar-refractivity contribution in [2.45, 2.75) is 38.6 Å². The average molecular weight is 259 g/mol. The molecule has 3 heteroatoms. The summed E-state index contributed by atoms with van der Waals surface area (Å²) in [7, 11) is 0. The fourth-order valence-corrected chi connectivity index (χ4v) is 2.85. The van der Waals surface area contributed by atoms with Crippen LogP contribution in [0.3, 0.4) is 0 Å². The van der Waals surface area contributed by atoms with Gasteiger partial charge in [0.15, 0.2) is 5.75 Å². The number of hydrogen-bond donors (Lipinski definition) is 1. The highest BCUT2D eigenvalue weighted by atomic mass is 19.3. The van der Waals surface area contributed by atoms with E-state index in [4.69, 9.17) is 5.73 Å². The van der Waals surface area contributed by atoms with Crippen molar-refractivity contribution in [3.8, 4) is 18.1 Å². The molecule has 2 N–H and O–H groups in total. The number of hydrogen-bond acceptors (Lipinski definition) is 2. The monoisotopic (exact) mass is 259 g/mol. The summed E-state index contributed by atoms with van der Waals surface area (Å²) < 4.78 is 12.2. The van der Waals surface area contributed by atoms with Crippen molar-refractivity contribution in [1.29, 1.82) is 0 Å². The van der Waals surface area contributed by atoms with Gasteiger partial charge in [-0.25, -0.2) is 0 Å². The van der Waals surface area contributed by atoms with Crippen molar-refractivity contribution in [2.24, 2.45) is 5.73 Å². The molecule has 0 aliphatic heterocycles.